The first kappa shape index (κ1) is 43.0. The molecule has 0 saturated carbocycles. The van der Waals surface area contributed by atoms with Crippen LogP contribution in [0.25, 0.3) is 5.57 Å². The standard InChI is InChI=1S/C48H51N3O6S2/c1-6-11-36-16-20-40(21-17-36)49-41-22-18-39(19-23-41)48(46-26-24-42(28-34(46)4)50(7-2)32-37-12-9-14-44(30-37)58(52,53)54)47-27-25-43(29-35(47)5)51(8-3)33-38-13-10-15-45(31-38)59(55,56)57/h9-10,12-31H,6-8,11,32-33H2,1-5H3,(H2,52,53,54,55,56,57)/p+1. The van der Waals surface area contributed by atoms with Gasteiger partial charge in [-0.1, -0.05) is 67.9 Å². The fraction of sp³-hybridized carbons (Fsp3) is 0.229. The Morgan fingerprint density at radius 1 is 0.695 bits per heavy atom. The molecule has 0 bridgehead atoms. The van der Waals surface area contributed by atoms with Crippen molar-refractivity contribution >= 4 is 48.6 Å². The number of benzene rings is 5. The van der Waals surface area contributed by atoms with Gasteiger partial charge in [-0.15, -0.1) is 0 Å². The van der Waals surface area contributed by atoms with E-state index < -0.39 is 20.2 Å². The molecule has 306 valence electrons. The van der Waals surface area contributed by atoms with E-state index in [0.29, 0.717) is 26.2 Å². The second-order valence-electron chi connectivity index (χ2n) is 14.8. The Balaban J connectivity index is 1.38. The van der Waals surface area contributed by atoms with Crippen LogP contribution in [0.1, 0.15) is 67.5 Å². The maximum atomic E-state index is 11.8. The molecule has 0 aromatic heterocycles. The van der Waals surface area contributed by atoms with Crippen LogP contribution >= 0.6 is 0 Å². The number of nitrogens with zero attached hydrogens (tertiary/aromatic N) is 2. The highest BCUT2D eigenvalue weighted by atomic mass is 32.2. The molecule has 6 rings (SSSR count). The molecule has 11 heteroatoms. The van der Waals surface area contributed by atoms with Crippen molar-refractivity contribution < 1.29 is 30.5 Å². The zero-order valence-corrected chi connectivity index (χ0v) is 35.8. The molecular formula is C48H52N3O6S2+. The number of hydrogen-bond acceptors (Lipinski definition) is 6. The molecule has 3 N–H and O–H groups in total. The van der Waals surface area contributed by atoms with Gasteiger partial charge in [-0.25, -0.2) is 4.58 Å². The van der Waals surface area contributed by atoms with Gasteiger partial charge >= 0.3 is 0 Å². The monoisotopic (exact) mass is 830 g/mol. The molecule has 0 saturated heterocycles. The summed E-state index contributed by atoms with van der Waals surface area (Å²) in [7, 11) is -8.64. The molecule has 0 spiro atoms. The number of aryl methyl sites for hydroxylation is 2. The van der Waals surface area contributed by atoms with Crippen molar-refractivity contribution in [3.63, 3.8) is 0 Å². The number of allylic oxidation sites excluding steroid dienone is 5. The fourth-order valence-electron chi connectivity index (χ4n) is 7.46. The molecule has 0 unspecified atom stereocenters. The topological polar surface area (TPSA) is 127 Å². The van der Waals surface area contributed by atoms with Gasteiger partial charge in [0.05, 0.1) is 9.79 Å². The molecule has 9 nitrogen and oxygen atoms in total. The second kappa shape index (κ2) is 18.6. The van der Waals surface area contributed by atoms with Crippen LogP contribution < -0.4 is 10.2 Å². The van der Waals surface area contributed by atoms with E-state index in [1.54, 1.807) is 12.1 Å². The van der Waals surface area contributed by atoms with Crippen LogP contribution in [0.15, 0.2) is 154 Å². The third-order valence-electron chi connectivity index (χ3n) is 10.5. The average Bonchev–Trinajstić information content (AvgIpc) is 3.21. The highest BCUT2D eigenvalue weighted by molar-refractivity contribution is 7.86. The summed E-state index contributed by atoms with van der Waals surface area (Å²) >= 11 is 0. The number of rotatable bonds is 15. The van der Waals surface area contributed by atoms with Crippen LogP contribution in [0.2, 0.25) is 0 Å². The second-order valence-corrected chi connectivity index (χ2v) is 17.6. The summed E-state index contributed by atoms with van der Waals surface area (Å²) < 4.78 is 68.8. The Kier molecular flexibility index (Phi) is 13.5. The number of nitrogens with one attached hydrogen (secondary N) is 1. The smallest absolute Gasteiger partial charge is 0.294 e. The van der Waals surface area contributed by atoms with Gasteiger partial charge in [-0.05, 0) is 145 Å². The van der Waals surface area contributed by atoms with Gasteiger partial charge in [0, 0.05) is 47.9 Å². The van der Waals surface area contributed by atoms with E-state index in [4.69, 9.17) is 0 Å². The fourth-order valence-corrected chi connectivity index (χ4v) is 8.56. The minimum Gasteiger partial charge on any atom is -0.367 e. The molecule has 0 amide bonds. The predicted molar refractivity (Wildman–Crippen MR) is 239 cm³/mol. The minimum atomic E-state index is -4.32. The lowest BCUT2D eigenvalue weighted by Crippen LogP contribution is -2.22. The third-order valence-corrected chi connectivity index (χ3v) is 12.2. The SMILES string of the molecule is CCCc1ccc(Nc2ccc(/C(=C3/C=CC(=[N+](CC)Cc4cccc(S(=O)(=O)O)c4)C=C3C)c3ccc(N(CC)Cc4cccc(S(=O)(=O)O)c4)cc3C)cc2)cc1. The normalized spacial score (nSPS) is 14.8. The summed E-state index contributed by atoms with van der Waals surface area (Å²) in [6.07, 6.45) is 8.56. The van der Waals surface area contributed by atoms with E-state index in [0.717, 1.165) is 80.2 Å². The van der Waals surface area contributed by atoms with Crippen molar-refractivity contribution in [1.29, 1.82) is 0 Å². The van der Waals surface area contributed by atoms with Gasteiger partial charge in [0.2, 0.25) is 0 Å². The molecule has 0 heterocycles. The van der Waals surface area contributed by atoms with Gasteiger partial charge in [0.1, 0.15) is 6.54 Å². The summed E-state index contributed by atoms with van der Waals surface area (Å²) in [6, 6.07) is 36.2. The van der Waals surface area contributed by atoms with Crippen LogP contribution in [0.4, 0.5) is 17.1 Å². The summed E-state index contributed by atoms with van der Waals surface area (Å²) in [5.41, 5.74) is 13.2. The van der Waals surface area contributed by atoms with E-state index >= 15 is 0 Å². The third kappa shape index (κ3) is 10.7. The van der Waals surface area contributed by atoms with Crippen LogP contribution in [-0.4, -0.2) is 49.3 Å². The summed E-state index contributed by atoms with van der Waals surface area (Å²) in [5, 5.41) is 3.54. The first-order valence-electron chi connectivity index (χ1n) is 19.8. The molecule has 0 radical (unpaired) electrons. The number of anilines is 3. The summed E-state index contributed by atoms with van der Waals surface area (Å²) in [5.74, 6) is 0. The van der Waals surface area contributed by atoms with Crippen molar-refractivity contribution in [2.45, 2.75) is 70.3 Å². The summed E-state index contributed by atoms with van der Waals surface area (Å²) in [6.45, 7) is 12.8. The molecule has 1 aliphatic carbocycles. The zero-order valence-electron chi connectivity index (χ0n) is 34.2. The Labute approximate surface area is 349 Å². The quantitative estimate of drug-likeness (QED) is 0.0703. The predicted octanol–water partition coefficient (Wildman–Crippen LogP) is 10.2. The molecule has 0 aliphatic heterocycles. The summed E-state index contributed by atoms with van der Waals surface area (Å²) in [4.78, 5) is 1.91. The van der Waals surface area contributed by atoms with E-state index in [1.807, 2.05) is 12.1 Å². The van der Waals surface area contributed by atoms with Crippen molar-refractivity contribution in [1.82, 2.24) is 0 Å². The first-order chi connectivity index (χ1) is 28.2. The molecule has 59 heavy (non-hydrogen) atoms. The lowest BCUT2D eigenvalue weighted by atomic mass is 9.85. The Morgan fingerprint density at radius 3 is 1.86 bits per heavy atom. The van der Waals surface area contributed by atoms with E-state index in [1.165, 1.54) is 29.8 Å². The van der Waals surface area contributed by atoms with Gasteiger partial charge in [-0.3, -0.25) is 9.11 Å². The van der Waals surface area contributed by atoms with Crippen molar-refractivity contribution in [2.75, 3.05) is 23.3 Å². The molecule has 5 aromatic rings. The molecule has 5 aromatic carbocycles. The minimum absolute atomic E-state index is 0.127. The van der Waals surface area contributed by atoms with E-state index in [-0.39, 0.29) is 9.79 Å². The van der Waals surface area contributed by atoms with E-state index in [2.05, 4.69) is 134 Å². The van der Waals surface area contributed by atoms with Crippen LogP contribution in [0.5, 0.6) is 0 Å². The van der Waals surface area contributed by atoms with Crippen molar-refractivity contribution in [3.05, 3.63) is 178 Å². The highest BCUT2D eigenvalue weighted by Crippen LogP contribution is 2.37. The molecule has 1 aliphatic rings. The number of hydrogen-bond donors (Lipinski definition) is 3. The van der Waals surface area contributed by atoms with Crippen LogP contribution in [0.3, 0.4) is 0 Å². The zero-order chi connectivity index (χ0) is 42.3. The van der Waals surface area contributed by atoms with Crippen LogP contribution in [-0.2, 0) is 39.7 Å². The molecule has 0 atom stereocenters. The Morgan fingerprint density at radius 2 is 1.31 bits per heavy atom. The Bertz CT molecular complexity index is 2680. The maximum Gasteiger partial charge on any atom is 0.294 e. The molecular weight excluding hydrogens is 779 g/mol. The first-order valence-corrected chi connectivity index (χ1v) is 22.7. The van der Waals surface area contributed by atoms with Gasteiger partial charge < -0.3 is 10.2 Å². The highest BCUT2D eigenvalue weighted by Gasteiger charge is 2.22. The average molecular weight is 831 g/mol. The molecule has 0 fully saturated rings. The Hall–Kier alpha value is -5.59. The lowest BCUT2D eigenvalue weighted by Gasteiger charge is -2.25. The van der Waals surface area contributed by atoms with Gasteiger partial charge in [0.15, 0.2) is 12.3 Å². The lowest BCUT2D eigenvalue weighted by molar-refractivity contribution is -0.539. The van der Waals surface area contributed by atoms with Crippen molar-refractivity contribution in [3.8, 4) is 0 Å². The van der Waals surface area contributed by atoms with Crippen molar-refractivity contribution in [2.24, 2.45) is 0 Å². The van der Waals surface area contributed by atoms with Gasteiger partial charge in [0.25, 0.3) is 20.2 Å². The van der Waals surface area contributed by atoms with Gasteiger partial charge in [-0.2, -0.15) is 16.8 Å². The maximum absolute atomic E-state index is 11.8. The van der Waals surface area contributed by atoms with Crippen LogP contribution in [0, 0.1) is 6.92 Å². The van der Waals surface area contributed by atoms with E-state index in [9.17, 15) is 25.9 Å². The largest absolute Gasteiger partial charge is 0.367 e.